The van der Waals surface area contributed by atoms with E-state index in [2.05, 4.69) is 24.4 Å². The summed E-state index contributed by atoms with van der Waals surface area (Å²) >= 11 is 1.55. The number of benzene rings is 1. The van der Waals surface area contributed by atoms with Gasteiger partial charge in [-0.1, -0.05) is 44.7 Å². The van der Waals surface area contributed by atoms with Gasteiger partial charge in [-0.3, -0.25) is 4.79 Å². The Hall–Kier alpha value is -2.93. The number of carbonyl (C=O) groups is 2. The van der Waals surface area contributed by atoms with E-state index < -0.39 is 0 Å². The van der Waals surface area contributed by atoms with Crippen LogP contribution in [-0.4, -0.2) is 30.1 Å². The third-order valence-electron chi connectivity index (χ3n) is 6.68. The van der Waals surface area contributed by atoms with Crippen molar-refractivity contribution < 1.29 is 19.1 Å². The number of esters is 1. The molecule has 1 atom stereocenters. The molecule has 38 heavy (non-hydrogen) atoms. The van der Waals surface area contributed by atoms with E-state index in [9.17, 15) is 9.59 Å². The highest BCUT2D eigenvalue weighted by molar-refractivity contribution is 7.09. The smallest absolute Gasteiger partial charge is 0.333 e. The minimum Gasteiger partial charge on any atom is -0.494 e. The fraction of sp³-hybridized carbons (Fsp3) is 0.516. The van der Waals surface area contributed by atoms with E-state index in [0.29, 0.717) is 18.6 Å². The molecule has 1 aliphatic carbocycles. The summed E-state index contributed by atoms with van der Waals surface area (Å²) in [5.74, 6) is 0.767. The maximum atomic E-state index is 13.2. The van der Waals surface area contributed by atoms with Gasteiger partial charge in [-0.25, -0.2) is 9.78 Å². The first-order chi connectivity index (χ1) is 18.4. The zero-order chi connectivity index (χ0) is 27.3. The van der Waals surface area contributed by atoms with Crippen LogP contribution in [0.2, 0.25) is 0 Å². The van der Waals surface area contributed by atoms with Gasteiger partial charge in [-0.05, 0) is 81.9 Å². The lowest BCUT2D eigenvalue weighted by molar-refractivity contribution is -0.138. The molecule has 1 amide bonds. The van der Waals surface area contributed by atoms with Gasteiger partial charge >= 0.3 is 5.97 Å². The molecule has 0 spiro atoms. The molecule has 1 aliphatic rings. The molecule has 1 aromatic heterocycles. The number of carbonyl (C=O) groups excluding carboxylic acids is 2. The van der Waals surface area contributed by atoms with Crippen molar-refractivity contribution >= 4 is 29.3 Å². The summed E-state index contributed by atoms with van der Waals surface area (Å²) in [6, 6.07) is 7.94. The van der Waals surface area contributed by atoms with Crippen molar-refractivity contribution in [1.29, 1.82) is 0 Å². The van der Waals surface area contributed by atoms with Crippen LogP contribution in [0, 0.1) is 5.92 Å². The van der Waals surface area contributed by atoms with Crippen LogP contribution in [0.3, 0.4) is 0 Å². The van der Waals surface area contributed by atoms with Gasteiger partial charge in [0, 0.05) is 16.9 Å². The predicted octanol–water partition coefficient (Wildman–Crippen LogP) is 7.22. The Kier molecular flexibility index (Phi) is 12.1. The van der Waals surface area contributed by atoms with E-state index in [1.54, 1.807) is 25.2 Å². The molecular formula is C31H42N2O4S. The molecule has 0 unspecified atom stereocenters. The number of nitrogens with zero attached hydrogens (tertiary/aromatic N) is 1. The molecular weight excluding hydrogens is 496 g/mol. The Morgan fingerprint density at radius 1 is 1.13 bits per heavy atom. The molecule has 3 rings (SSSR count). The zero-order valence-electron chi connectivity index (χ0n) is 23.3. The summed E-state index contributed by atoms with van der Waals surface area (Å²) in [4.78, 5) is 30.0. The number of amides is 1. The lowest BCUT2D eigenvalue weighted by Crippen LogP contribution is -2.35. The maximum absolute atomic E-state index is 13.2. The summed E-state index contributed by atoms with van der Waals surface area (Å²) in [5.41, 5.74) is 3.40. The second-order valence-corrected chi connectivity index (χ2v) is 10.9. The van der Waals surface area contributed by atoms with Crippen molar-refractivity contribution in [2.45, 2.75) is 85.1 Å². The zero-order valence-corrected chi connectivity index (χ0v) is 24.1. The highest BCUT2D eigenvalue weighted by atomic mass is 32.1. The maximum Gasteiger partial charge on any atom is 0.333 e. The normalized spacial score (nSPS) is 15.7. The van der Waals surface area contributed by atoms with Crippen molar-refractivity contribution in [3.63, 3.8) is 0 Å². The molecule has 1 saturated carbocycles. The Labute approximate surface area is 231 Å². The molecule has 0 aliphatic heterocycles. The fourth-order valence-electron chi connectivity index (χ4n) is 4.59. The van der Waals surface area contributed by atoms with Crippen molar-refractivity contribution in [2.75, 3.05) is 13.2 Å². The highest BCUT2D eigenvalue weighted by Crippen LogP contribution is 2.28. The number of hydrogen-bond donors (Lipinski definition) is 1. The molecule has 1 aromatic carbocycles. The van der Waals surface area contributed by atoms with Gasteiger partial charge < -0.3 is 14.8 Å². The number of hydrogen-bond acceptors (Lipinski definition) is 6. The first kappa shape index (κ1) is 29.6. The molecule has 0 bridgehead atoms. The predicted molar refractivity (Wildman–Crippen MR) is 154 cm³/mol. The van der Waals surface area contributed by atoms with E-state index >= 15 is 0 Å². The second kappa shape index (κ2) is 15.5. The topological polar surface area (TPSA) is 77.5 Å². The quantitative estimate of drug-likeness (QED) is 0.126. The summed E-state index contributed by atoms with van der Waals surface area (Å²) in [6.07, 6.45) is 11.9. The third kappa shape index (κ3) is 9.43. The number of nitrogens with one attached hydrogen (secondary N) is 1. The van der Waals surface area contributed by atoms with Crippen LogP contribution in [-0.2, 0) is 20.7 Å². The lowest BCUT2D eigenvalue weighted by Gasteiger charge is -2.24. The lowest BCUT2D eigenvalue weighted by atomic mass is 9.88. The summed E-state index contributed by atoms with van der Waals surface area (Å²) in [7, 11) is 0. The number of thiazole rings is 1. The van der Waals surface area contributed by atoms with Crippen LogP contribution >= 0.6 is 11.3 Å². The monoisotopic (exact) mass is 538 g/mol. The Bertz CT molecular complexity index is 1100. The van der Waals surface area contributed by atoms with Crippen molar-refractivity contribution in [3.05, 3.63) is 63.1 Å². The number of ether oxygens (including phenoxy) is 2. The highest BCUT2D eigenvalue weighted by Gasteiger charge is 2.25. The summed E-state index contributed by atoms with van der Waals surface area (Å²) < 4.78 is 10.9. The van der Waals surface area contributed by atoms with Crippen LogP contribution < -0.4 is 10.1 Å². The van der Waals surface area contributed by atoms with Gasteiger partial charge in [0.15, 0.2) is 0 Å². The average Bonchev–Trinajstić information content (AvgIpc) is 3.38. The Morgan fingerprint density at radius 2 is 1.87 bits per heavy atom. The van der Waals surface area contributed by atoms with E-state index in [1.165, 1.54) is 6.42 Å². The minimum atomic E-state index is -0.313. The summed E-state index contributed by atoms with van der Waals surface area (Å²) in [5, 5.41) is 6.19. The van der Waals surface area contributed by atoms with E-state index in [4.69, 9.17) is 14.5 Å². The largest absolute Gasteiger partial charge is 0.494 e. The van der Waals surface area contributed by atoms with Crippen molar-refractivity contribution in [3.8, 4) is 5.75 Å². The molecule has 0 saturated heterocycles. The number of unbranched alkanes of at least 4 members (excludes halogenated alkanes) is 1. The first-order valence-corrected chi connectivity index (χ1v) is 14.8. The van der Waals surface area contributed by atoms with Gasteiger partial charge in [-0.15, -0.1) is 11.3 Å². The van der Waals surface area contributed by atoms with Crippen LogP contribution in [0.15, 0.2) is 46.9 Å². The number of aromatic nitrogens is 1. The van der Waals surface area contributed by atoms with Gasteiger partial charge in [0.05, 0.1) is 24.9 Å². The molecule has 7 heteroatoms. The van der Waals surface area contributed by atoms with E-state index in [0.717, 1.165) is 72.7 Å². The second-order valence-electron chi connectivity index (χ2n) is 9.99. The third-order valence-corrected chi connectivity index (χ3v) is 7.65. The molecule has 1 N–H and O–H groups in total. The number of rotatable bonds is 13. The molecule has 206 valence electrons. The minimum absolute atomic E-state index is 0.0816. The Balaban J connectivity index is 1.76. The standard InChI is InChI=1S/C31H42N2O4S/c1-5-7-17-37-27-15-13-24(14-16-27)20-28(33-29(34)25-11-9-8-10-12-25)30-32-26(21-38-30)19-22(3)18-23(4)31(35)36-6-2/h13-16,18-19,21,25,28H,5-12,17,20H2,1-4H3,(H,33,34)/t28-/m0/s1. The van der Waals surface area contributed by atoms with Gasteiger partial charge in [0.25, 0.3) is 0 Å². The van der Waals surface area contributed by atoms with Gasteiger partial charge in [0.2, 0.25) is 5.91 Å². The number of allylic oxidation sites excluding steroid dienone is 2. The molecule has 2 aromatic rings. The fourth-order valence-corrected chi connectivity index (χ4v) is 5.42. The van der Waals surface area contributed by atoms with E-state index in [1.807, 2.05) is 36.6 Å². The van der Waals surface area contributed by atoms with Crippen LogP contribution in [0.4, 0.5) is 0 Å². The molecule has 0 radical (unpaired) electrons. The van der Waals surface area contributed by atoms with Crippen molar-refractivity contribution in [1.82, 2.24) is 10.3 Å². The summed E-state index contributed by atoms with van der Waals surface area (Å²) in [6.45, 7) is 8.71. The van der Waals surface area contributed by atoms with Crippen LogP contribution in [0.25, 0.3) is 6.08 Å². The molecule has 1 heterocycles. The first-order valence-electron chi connectivity index (χ1n) is 13.9. The van der Waals surface area contributed by atoms with E-state index in [-0.39, 0.29) is 23.8 Å². The van der Waals surface area contributed by atoms with Crippen LogP contribution in [0.1, 0.15) is 94.9 Å². The SMILES string of the molecule is CCCCOc1ccc(C[C@H](NC(=O)C2CCCCC2)c2nc(C=C(C)C=C(C)C(=O)OCC)cs2)cc1. The molecule has 1 fully saturated rings. The van der Waals surface area contributed by atoms with Gasteiger partial charge in [0.1, 0.15) is 10.8 Å². The Morgan fingerprint density at radius 3 is 2.55 bits per heavy atom. The van der Waals surface area contributed by atoms with Gasteiger partial charge in [-0.2, -0.15) is 0 Å². The molecule has 6 nitrogen and oxygen atoms in total. The van der Waals surface area contributed by atoms with Crippen LogP contribution in [0.5, 0.6) is 5.75 Å². The van der Waals surface area contributed by atoms with Crippen molar-refractivity contribution in [2.24, 2.45) is 5.92 Å². The average molecular weight is 539 g/mol.